The average Bonchev–Trinajstić information content (AvgIpc) is 2.75. The van der Waals surface area contributed by atoms with Gasteiger partial charge in [-0.15, -0.1) is 10.2 Å². The fourth-order valence-corrected chi connectivity index (χ4v) is 3.64. The molecule has 7 heteroatoms. The van der Waals surface area contributed by atoms with Crippen LogP contribution in [0.1, 0.15) is 49.7 Å². The van der Waals surface area contributed by atoms with Gasteiger partial charge < -0.3 is 10.6 Å². The van der Waals surface area contributed by atoms with Crippen LogP contribution in [0, 0.1) is 0 Å². The van der Waals surface area contributed by atoms with Crippen LogP contribution in [0.2, 0.25) is 0 Å². The third-order valence-corrected chi connectivity index (χ3v) is 5.20. The first kappa shape index (κ1) is 19.9. The molecule has 6 bridgehead atoms. The van der Waals surface area contributed by atoms with E-state index in [-0.39, 0.29) is 0 Å². The van der Waals surface area contributed by atoms with Gasteiger partial charge in [0, 0.05) is 30.8 Å². The van der Waals surface area contributed by atoms with Crippen LogP contribution in [-0.2, 0) is 17.6 Å². The highest BCUT2D eigenvalue weighted by Gasteiger charge is 2.07. The van der Waals surface area contributed by atoms with Crippen molar-refractivity contribution in [3.05, 3.63) is 59.8 Å². The Hall–Kier alpha value is -3.35. The molecule has 0 aliphatic carbocycles. The maximum Gasteiger partial charge on any atom is 0.159 e. The first-order valence-corrected chi connectivity index (χ1v) is 10.5. The number of benzene rings is 1. The lowest BCUT2D eigenvalue weighted by Gasteiger charge is -2.10. The van der Waals surface area contributed by atoms with E-state index in [1.165, 1.54) is 11.1 Å². The number of ketones is 1. The summed E-state index contributed by atoms with van der Waals surface area (Å²) < 4.78 is 0. The number of nitrogens with zero attached hydrogens (tertiary/aromatic N) is 4. The lowest BCUT2D eigenvalue weighted by atomic mass is 10.0. The van der Waals surface area contributed by atoms with Gasteiger partial charge in [-0.2, -0.15) is 0 Å². The number of rotatable bonds is 0. The fraction of sp³-hybridized carbons (Fsp3) is 0.348. The molecule has 2 aromatic heterocycles. The molecule has 0 saturated carbocycles. The van der Waals surface area contributed by atoms with E-state index in [9.17, 15) is 4.79 Å². The number of carbonyl (C=O) groups excluding carboxylic acids is 1. The van der Waals surface area contributed by atoms with Crippen LogP contribution in [0.3, 0.4) is 0 Å². The van der Waals surface area contributed by atoms with E-state index >= 15 is 0 Å². The lowest BCUT2D eigenvalue weighted by molar-refractivity contribution is -0.119. The topological polar surface area (TPSA) is 92.7 Å². The molecule has 0 radical (unpaired) electrons. The minimum atomic E-state index is 0.375. The monoisotopic (exact) mass is 402 g/mol. The fourth-order valence-electron chi connectivity index (χ4n) is 3.64. The number of nitrogens with one attached hydrogen (secondary N) is 2. The van der Waals surface area contributed by atoms with E-state index in [0.717, 1.165) is 44.2 Å². The minimum absolute atomic E-state index is 0.375. The number of pyridine rings is 1. The number of fused-ring (bicyclic) bond motifs is 6. The first-order valence-electron chi connectivity index (χ1n) is 10.5. The van der Waals surface area contributed by atoms with Gasteiger partial charge in [0.05, 0.1) is 0 Å². The Morgan fingerprint density at radius 2 is 1.40 bits per heavy atom. The highest BCUT2D eigenvalue weighted by Crippen LogP contribution is 2.21. The Morgan fingerprint density at radius 1 is 0.700 bits per heavy atom. The molecular formula is C23H26N6O. The second kappa shape index (κ2) is 9.91. The van der Waals surface area contributed by atoms with Crippen molar-refractivity contribution in [1.82, 2.24) is 20.4 Å². The number of Topliss-reactive ketones (excluding diaryl/α,β-unsaturated/α-hetero) is 1. The molecule has 1 aliphatic heterocycles. The van der Waals surface area contributed by atoms with Crippen LogP contribution in [0.5, 0.6) is 0 Å². The zero-order valence-corrected chi connectivity index (χ0v) is 17.0. The summed E-state index contributed by atoms with van der Waals surface area (Å²) in [5.41, 5.74) is 3.37. The molecule has 0 atom stereocenters. The van der Waals surface area contributed by atoms with Crippen molar-refractivity contribution in [1.29, 1.82) is 0 Å². The van der Waals surface area contributed by atoms with E-state index in [2.05, 4.69) is 43.2 Å². The van der Waals surface area contributed by atoms with E-state index in [1.54, 1.807) is 6.20 Å². The summed E-state index contributed by atoms with van der Waals surface area (Å²) in [4.78, 5) is 16.5. The van der Waals surface area contributed by atoms with Gasteiger partial charge in [-0.1, -0.05) is 12.1 Å². The van der Waals surface area contributed by atoms with Crippen LogP contribution in [0.15, 0.2) is 48.7 Å². The molecule has 4 rings (SSSR count). The predicted octanol–water partition coefficient (Wildman–Crippen LogP) is 4.76. The van der Waals surface area contributed by atoms with Crippen molar-refractivity contribution < 1.29 is 4.79 Å². The maximum atomic E-state index is 12.2. The predicted molar refractivity (Wildman–Crippen MR) is 117 cm³/mol. The highest BCUT2D eigenvalue weighted by molar-refractivity contribution is 5.78. The maximum absolute atomic E-state index is 12.2. The van der Waals surface area contributed by atoms with Crippen LogP contribution in [0.4, 0.5) is 23.1 Å². The third kappa shape index (κ3) is 5.83. The summed E-state index contributed by atoms with van der Waals surface area (Å²) in [5.74, 6) is 2.28. The Bertz CT molecular complexity index is 931. The summed E-state index contributed by atoms with van der Waals surface area (Å²) in [6.07, 6.45) is 8.89. The Morgan fingerprint density at radius 3 is 2.20 bits per heavy atom. The molecule has 154 valence electrons. The van der Waals surface area contributed by atoms with Gasteiger partial charge in [0.15, 0.2) is 11.6 Å². The van der Waals surface area contributed by atoms with Crippen molar-refractivity contribution in [3.8, 4) is 0 Å². The molecule has 1 aliphatic rings. The molecule has 0 spiro atoms. The largest absolute Gasteiger partial charge is 0.339 e. The van der Waals surface area contributed by atoms with Gasteiger partial charge in [-0.3, -0.25) is 4.79 Å². The Kier molecular flexibility index (Phi) is 6.59. The van der Waals surface area contributed by atoms with Crippen LogP contribution < -0.4 is 10.6 Å². The van der Waals surface area contributed by atoms with Gasteiger partial charge in [-0.05, 0) is 79.1 Å². The number of aryl methyl sites for hydroxylation is 2. The van der Waals surface area contributed by atoms with E-state index in [1.807, 2.05) is 30.3 Å². The molecule has 2 N–H and O–H groups in total. The van der Waals surface area contributed by atoms with Crippen molar-refractivity contribution in [2.24, 2.45) is 0 Å². The number of carbonyl (C=O) groups is 1. The summed E-state index contributed by atoms with van der Waals surface area (Å²) in [7, 11) is 0. The smallest absolute Gasteiger partial charge is 0.159 e. The Labute approximate surface area is 176 Å². The number of anilines is 4. The zero-order chi connectivity index (χ0) is 20.6. The zero-order valence-electron chi connectivity index (χ0n) is 17.0. The molecule has 0 amide bonds. The van der Waals surface area contributed by atoms with Crippen molar-refractivity contribution in [3.63, 3.8) is 0 Å². The van der Waals surface area contributed by atoms with Gasteiger partial charge in [-0.25, -0.2) is 4.98 Å². The molecule has 3 aromatic rings. The van der Waals surface area contributed by atoms with Crippen molar-refractivity contribution in [2.45, 2.75) is 51.4 Å². The van der Waals surface area contributed by atoms with E-state index in [0.29, 0.717) is 36.1 Å². The van der Waals surface area contributed by atoms with Gasteiger partial charge in [0.25, 0.3) is 0 Å². The molecule has 30 heavy (non-hydrogen) atoms. The highest BCUT2D eigenvalue weighted by atomic mass is 16.1. The second-order valence-electron chi connectivity index (χ2n) is 7.66. The second-order valence-corrected chi connectivity index (χ2v) is 7.66. The molecule has 0 unspecified atom stereocenters. The number of hydrogen-bond acceptors (Lipinski definition) is 7. The molecule has 7 nitrogen and oxygen atoms in total. The van der Waals surface area contributed by atoms with E-state index in [4.69, 9.17) is 0 Å². The number of hydrogen-bond donors (Lipinski definition) is 2. The van der Waals surface area contributed by atoms with Gasteiger partial charge in [0.1, 0.15) is 11.6 Å². The molecule has 0 saturated heterocycles. The first-order chi connectivity index (χ1) is 14.7. The van der Waals surface area contributed by atoms with Gasteiger partial charge in [0.2, 0.25) is 0 Å². The normalized spacial score (nSPS) is 15.5. The van der Waals surface area contributed by atoms with Crippen LogP contribution in [0.25, 0.3) is 0 Å². The SMILES string of the molecule is O=C1CCCCc2cccc(c2)Nc2cc(nnn2)Nc2cc(ccn2)CCCC1. The summed E-state index contributed by atoms with van der Waals surface area (Å²) in [6, 6.07) is 14.1. The minimum Gasteiger partial charge on any atom is -0.339 e. The standard InChI is InChI=1S/C23H26N6O/c30-20-10-3-1-6-17-8-5-9-19(14-17)25-22-16-23(28-29-27-22)26-21-15-18(12-13-24-21)7-2-4-11-20/h5,8-9,12-16H,1-4,6-7,10-11H2,(H2,24,25,26,27,28). The molecule has 3 heterocycles. The van der Waals surface area contributed by atoms with Gasteiger partial charge >= 0.3 is 0 Å². The summed E-state index contributed by atoms with van der Waals surface area (Å²) >= 11 is 0. The van der Waals surface area contributed by atoms with E-state index < -0.39 is 0 Å². The third-order valence-electron chi connectivity index (χ3n) is 5.20. The molecule has 0 fully saturated rings. The quantitative estimate of drug-likeness (QED) is 0.560. The molecule has 1 aromatic carbocycles. The number of aromatic nitrogens is 4. The lowest BCUT2D eigenvalue weighted by Crippen LogP contribution is -2.03. The average molecular weight is 403 g/mol. The molecular weight excluding hydrogens is 376 g/mol. The van der Waals surface area contributed by atoms with Crippen LogP contribution >= 0.6 is 0 Å². The van der Waals surface area contributed by atoms with Crippen molar-refractivity contribution >= 4 is 28.9 Å². The summed E-state index contributed by atoms with van der Waals surface area (Å²) in [6.45, 7) is 0. The van der Waals surface area contributed by atoms with Crippen LogP contribution in [-0.4, -0.2) is 26.2 Å². The van der Waals surface area contributed by atoms with Crippen molar-refractivity contribution in [2.75, 3.05) is 10.6 Å². The summed E-state index contributed by atoms with van der Waals surface area (Å²) in [5, 5.41) is 18.5. The Balaban J connectivity index is 1.55.